The molecular formula is C18H21N3O2. The summed E-state index contributed by atoms with van der Waals surface area (Å²) >= 11 is 0. The summed E-state index contributed by atoms with van der Waals surface area (Å²) in [6, 6.07) is 9.16. The first kappa shape index (κ1) is 15.5. The zero-order valence-corrected chi connectivity index (χ0v) is 13.1. The smallest absolute Gasteiger partial charge is 0.250 e. The average molecular weight is 311 g/mol. The quantitative estimate of drug-likeness (QED) is 0.868. The molecule has 0 bridgehead atoms. The maximum Gasteiger partial charge on any atom is 0.250 e. The van der Waals surface area contributed by atoms with Gasteiger partial charge in [0.1, 0.15) is 0 Å². The SMILES string of the molecule is O=C(CCn1ccccc1=O)N1CCC(c2ccncc2)CC1. The minimum Gasteiger partial charge on any atom is -0.343 e. The molecule has 0 radical (unpaired) electrons. The van der Waals surface area contributed by atoms with Crippen molar-refractivity contribution in [1.29, 1.82) is 0 Å². The number of hydrogen-bond donors (Lipinski definition) is 0. The summed E-state index contributed by atoms with van der Waals surface area (Å²) in [5.41, 5.74) is 1.25. The minimum absolute atomic E-state index is 0.0586. The number of pyridine rings is 2. The van der Waals surface area contributed by atoms with Gasteiger partial charge in [-0.1, -0.05) is 6.07 Å². The van der Waals surface area contributed by atoms with Crippen LogP contribution in [0.4, 0.5) is 0 Å². The summed E-state index contributed by atoms with van der Waals surface area (Å²) in [5.74, 6) is 0.646. The minimum atomic E-state index is -0.0586. The maximum atomic E-state index is 12.3. The fourth-order valence-electron chi connectivity index (χ4n) is 3.12. The number of hydrogen-bond acceptors (Lipinski definition) is 3. The molecule has 0 aliphatic carbocycles. The zero-order valence-electron chi connectivity index (χ0n) is 13.1. The van der Waals surface area contributed by atoms with Crippen LogP contribution < -0.4 is 5.56 Å². The van der Waals surface area contributed by atoms with Gasteiger partial charge in [-0.3, -0.25) is 14.6 Å². The lowest BCUT2D eigenvalue weighted by Crippen LogP contribution is -2.38. The second-order valence-corrected chi connectivity index (χ2v) is 5.92. The van der Waals surface area contributed by atoms with E-state index >= 15 is 0 Å². The highest BCUT2D eigenvalue weighted by molar-refractivity contribution is 5.76. The van der Waals surface area contributed by atoms with Crippen molar-refractivity contribution in [2.45, 2.75) is 31.7 Å². The molecule has 5 nitrogen and oxygen atoms in total. The van der Waals surface area contributed by atoms with Crippen LogP contribution in [-0.4, -0.2) is 33.4 Å². The molecule has 1 amide bonds. The summed E-state index contributed by atoms with van der Waals surface area (Å²) in [6.07, 6.45) is 7.73. The largest absolute Gasteiger partial charge is 0.343 e. The Morgan fingerprint density at radius 2 is 1.87 bits per heavy atom. The number of amides is 1. The molecule has 1 aliphatic heterocycles. The van der Waals surface area contributed by atoms with Crippen LogP contribution in [0.25, 0.3) is 0 Å². The summed E-state index contributed by atoms with van der Waals surface area (Å²) in [7, 11) is 0. The Bertz CT molecular complexity index is 703. The Kier molecular flexibility index (Phi) is 4.86. The van der Waals surface area contributed by atoms with E-state index in [9.17, 15) is 9.59 Å². The third-order valence-electron chi connectivity index (χ3n) is 4.49. The van der Waals surface area contributed by atoms with Crippen molar-refractivity contribution in [2.75, 3.05) is 13.1 Å². The van der Waals surface area contributed by atoms with Crippen molar-refractivity contribution < 1.29 is 4.79 Å². The van der Waals surface area contributed by atoms with Crippen LogP contribution in [-0.2, 0) is 11.3 Å². The Morgan fingerprint density at radius 1 is 1.13 bits per heavy atom. The van der Waals surface area contributed by atoms with Gasteiger partial charge < -0.3 is 9.47 Å². The molecule has 1 aliphatic rings. The average Bonchev–Trinajstić information content (AvgIpc) is 2.62. The Hall–Kier alpha value is -2.43. The molecule has 0 N–H and O–H groups in total. The molecule has 0 saturated carbocycles. The van der Waals surface area contributed by atoms with Crippen LogP contribution in [0.2, 0.25) is 0 Å². The summed E-state index contributed by atoms with van der Waals surface area (Å²) in [5, 5.41) is 0. The number of aromatic nitrogens is 2. The van der Waals surface area contributed by atoms with Crippen LogP contribution in [0.3, 0.4) is 0 Å². The Morgan fingerprint density at radius 3 is 2.57 bits per heavy atom. The van der Waals surface area contributed by atoms with Crippen molar-refractivity contribution in [2.24, 2.45) is 0 Å². The maximum absolute atomic E-state index is 12.3. The predicted molar refractivity (Wildman–Crippen MR) is 88.1 cm³/mol. The van der Waals surface area contributed by atoms with Crippen molar-refractivity contribution in [3.63, 3.8) is 0 Å². The first-order valence-electron chi connectivity index (χ1n) is 8.07. The number of aryl methyl sites for hydroxylation is 1. The topological polar surface area (TPSA) is 55.2 Å². The number of rotatable bonds is 4. The fraction of sp³-hybridized carbons (Fsp3) is 0.389. The standard InChI is InChI=1S/C18H21N3O2/c22-17-3-1-2-11-20(17)14-8-18(23)21-12-6-16(7-13-21)15-4-9-19-10-5-15/h1-5,9-11,16H,6-8,12-14H2. The van der Waals surface area contributed by atoms with Gasteiger partial charge in [-0.15, -0.1) is 0 Å². The highest BCUT2D eigenvalue weighted by Gasteiger charge is 2.23. The lowest BCUT2D eigenvalue weighted by molar-refractivity contribution is -0.132. The predicted octanol–water partition coefficient (Wildman–Crippen LogP) is 2.04. The van der Waals surface area contributed by atoms with Crippen LogP contribution in [0.15, 0.2) is 53.7 Å². The molecule has 5 heteroatoms. The van der Waals surface area contributed by atoms with Gasteiger partial charge in [0.05, 0.1) is 0 Å². The van der Waals surface area contributed by atoms with E-state index in [0.717, 1.165) is 25.9 Å². The van der Waals surface area contributed by atoms with Crippen LogP contribution in [0.5, 0.6) is 0 Å². The van der Waals surface area contributed by atoms with Gasteiger partial charge in [0.25, 0.3) is 5.56 Å². The molecule has 23 heavy (non-hydrogen) atoms. The Balaban J connectivity index is 1.51. The molecule has 3 rings (SSSR count). The second-order valence-electron chi connectivity index (χ2n) is 5.92. The molecule has 1 fully saturated rings. The lowest BCUT2D eigenvalue weighted by Gasteiger charge is -2.32. The highest BCUT2D eigenvalue weighted by atomic mass is 16.2. The van der Waals surface area contributed by atoms with Crippen molar-refractivity contribution in [1.82, 2.24) is 14.5 Å². The van der Waals surface area contributed by atoms with E-state index in [4.69, 9.17) is 0 Å². The van der Waals surface area contributed by atoms with Crippen LogP contribution in [0, 0.1) is 0 Å². The van der Waals surface area contributed by atoms with Gasteiger partial charge in [0, 0.05) is 50.7 Å². The summed E-state index contributed by atoms with van der Waals surface area (Å²) < 4.78 is 1.58. The number of carbonyl (C=O) groups is 1. The Labute approximate surface area is 135 Å². The van der Waals surface area contributed by atoms with E-state index in [1.165, 1.54) is 11.6 Å². The molecule has 2 aromatic rings. The van der Waals surface area contributed by atoms with Crippen molar-refractivity contribution in [3.05, 3.63) is 64.8 Å². The normalized spacial score (nSPS) is 15.6. The first-order chi connectivity index (χ1) is 11.2. The lowest BCUT2D eigenvalue weighted by atomic mass is 9.90. The van der Waals surface area contributed by atoms with Gasteiger partial charge >= 0.3 is 0 Å². The van der Waals surface area contributed by atoms with Gasteiger partial charge in [0.15, 0.2) is 0 Å². The fourth-order valence-corrected chi connectivity index (χ4v) is 3.12. The van der Waals surface area contributed by atoms with Crippen LogP contribution in [0.1, 0.15) is 30.7 Å². The van der Waals surface area contributed by atoms with Gasteiger partial charge in [0.2, 0.25) is 5.91 Å². The van der Waals surface area contributed by atoms with Crippen molar-refractivity contribution in [3.8, 4) is 0 Å². The van der Waals surface area contributed by atoms with E-state index < -0.39 is 0 Å². The van der Waals surface area contributed by atoms with Gasteiger partial charge in [-0.25, -0.2) is 0 Å². The third-order valence-corrected chi connectivity index (χ3v) is 4.49. The van der Waals surface area contributed by atoms with E-state index in [-0.39, 0.29) is 11.5 Å². The number of nitrogens with zero attached hydrogens (tertiary/aromatic N) is 3. The van der Waals surface area contributed by atoms with E-state index in [1.807, 2.05) is 23.4 Å². The van der Waals surface area contributed by atoms with Crippen LogP contribution >= 0.6 is 0 Å². The molecule has 1 saturated heterocycles. The molecule has 2 aromatic heterocycles. The molecular weight excluding hydrogens is 290 g/mol. The highest BCUT2D eigenvalue weighted by Crippen LogP contribution is 2.27. The third kappa shape index (κ3) is 3.86. The summed E-state index contributed by atoms with van der Waals surface area (Å²) in [4.78, 5) is 29.9. The monoisotopic (exact) mass is 311 g/mol. The molecule has 0 unspecified atom stereocenters. The number of piperidine rings is 1. The van der Waals surface area contributed by atoms with Gasteiger partial charge in [-0.05, 0) is 42.5 Å². The first-order valence-corrected chi connectivity index (χ1v) is 8.07. The number of likely N-dealkylation sites (tertiary alicyclic amines) is 1. The summed E-state index contributed by atoms with van der Waals surface area (Å²) in [6.45, 7) is 2.02. The second kappa shape index (κ2) is 7.22. The van der Waals surface area contributed by atoms with Gasteiger partial charge in [-0.2, -0.15) is 0 Å². The molecule has 120 valence electrons. The zero-order chi connectivity index (χ0) is 16.1. The van der Waals surface area contributed by atoms with E-state index in [0.29, 0.717) is 18.9 Å². The van der Waals surface area contributed by atoms with Crippen molar-refractivity contribution >= 4 is 5.91 Å². The number of carbonyl (C=O) groups excluding carboxylic acids is 1. The molecule has 3 heterocycles. The molecule has 0 aromatic carbocycles. The molecule has 0 atom stereocenters. The molecule has 0 spiro atoms. The van der Waals surface area contributed by atoms with E-state index in [2.05, 4.69) is 17.1 Å². The van der Waals surface area contributed by atoms with E-state index in [1.54, 1.807) is 16.8 Å².